The van der Waals surface area contributed by atoms with Gasteiger partial charge in [0.1, 0.15) is 6.10 Å². The maximum atomic E-state index is 5.02. The zero-order valence-corrected chi connectivity index (χ0v) is 7.86. The number of methoxy groups -OCH3 is 2. The largest absolute Gasteiger partial charge is 0.382 e. The van der Waals surface area contributed by atoms with Crippen molar-refractivity contribution < 1.29 is 9.47 Å². The van der Waals surface area contributed by atoms with Crippen LogP contribution in [0, 0.1) is 0 Å². The van der Waals surface area contributed by atoms with Gasteiger partial charge < -0.3 is 9.47 Å². The summed E-state index contributed by atoms with van der Waals surface area (Å²) in [6, 6.07) is 0. The molecule has 0 rings (SSSR count). The molecular formula is C6H12O2S2. The first-order chi connectivity index (χ1) is 4.76. The third-order valence-electron chi connectivity index (χ3n) is 1.06. The first kappa shape index (κ1) is 10.4. The van der Waals surface area contributed by atoms with E-state index in [-0.39, 0.29) is 6.10 Å². The van der Waals surface area contributed by atoms with Gasteiger partial charge in [0.2, 0.25) is 0 Å². The van der Waals surface area contributed by atoms with E-state index >= 15 is 0 Å². The highest BCUT2D eigenvalue weighted by Crippen LogP contribution is 2.11. The molecule has 0 heterocycles. The lowest BCUT2D eigenvalue weighted by atomic mass is 10.4. The smallest absolute Gasteiger partial charge is 0.111 e. The Bertz CT molecular complexity index is 114. The molecule has 0 bridgehead atoms. The highest BCUT2D eigenvalue weighted by Gasteiger charge is 2.07. The fraction of sp³-hybridized carbons (Fsp3) is 0.667. The van der Waals surface area contributed by atoms with E-state index in [2.05, 4.69) is 25.3 Å². The summed E-state index contributed by atoms with van der Waals surface area (Å²) in [6.07, 6.45) is -0.0918. The Balaban J connectivity index is 3.80. The Morgan fingerprint density at radius 2 is 2.20 bits per heavy atom. The number of rotatable bonds is 4. The Hall–Kier alpha value is 0.360. The van der Waals surface area contributed by atoms with Gasteiger partial charge in [-0.25, -0.2) is 0 Å². The molecule has 0 fully saturated rings. The van der Waals surface area contributed by atoms with Crippen LogP contribution in [0.4, 0.5) is 0 Å². The van der Waals surface area contributed by atoms with E-state index in [1.54, 1.807) is 19.6 Å². The fourth-order valence-electron chi connectivity index (χ4n) is 0.509. The normalized spacial score (nSPS) is 15.4. The topological polar surface area (TPSA) is 18.5 Å². The molecule has 0 aliphatic rings. The van der Waals surface area contributed by atoms with E-state index in [4.69, 9.17) is 9.47 Å². The molecule has 2 nitrogen and oxygen atoms in total. The van der Waals surface area contributed by atoms with Crippen molar-refractivity contribution in [3.63, 3.8) is 0 Å². The highest BCUT2D eigenvalue weighted by molar-refractivity contribution is 7.88. The van der Waals surface area contributed by atoms with Crippen molar-refractivity contribution in [3.8, 4) is 0 Å². The van der Waals surface area contributed by atoms with E-state index in [0.29, 0.717) is 6.61 Å². The molecule has 0 aromatic rings. The van der Waals surface area contributed by atoms with Gasteiger partial charge in [-0.2, -0.15) is 12.6 Å². The Kier molecular flexibility index (Phi) is 6.31. The minimum Gasteiger partial charge on any atom is -0.382 e. The summed E-state index contributed by atoms with van der Waals surface area (Å²) >= 11 is 8.05. The molecule has 0 spiro atoms. The van der Waals surface area contributed by atoms with Gasteiger partial charge in [0, 0.05) is 19.1 Å². The van der Waals surface area contributed by atoms with Crippen LogP contribution in [0.25, 0.3) is 0 Å². The van der Waals surface area contributed by atoms with Gasteiger partial charge in [-0.05, 0) is 5.41 Å². The molecule has 1 unspecified atom stereocenters. The van der Waals surface area contributed by atoms with Gasteiger partial charge in [-0.1, -0.05) is 0 Å². The van der Waals surface area contributed by atoms with E-state index in [1.807, 2.05) is 0 Å². The fourth-order valence-corrected chi connectivity index (χ4v) is 0.855. The van der Waals surface area contributed by atoms with Crippen molar-refractivity contribution in [3.05, 3.63) is 10.3 Å². The average Bonchev–Trinajstić information content (AvgIpc) is 1.99. The average molecular weight is 180 g/mol. The monoisotopic (exact) mass is 180 g/mol. The summed E-state index contributed by atoms with van der Waals surface area (Å²) in [6.45, 7) is 0.506. The summed E-state index contributed by atoms with van der Waals surface area (Å²) in [5, 5.41) is 1.59. The lowest BCUT2D eigenvalue weighted by molar-refractivity contribution is 0.0553. The molecule has 0 radical (unpaired) electrons. The number of thiol groups is 2. The predicted octanol–water partition coefficient (Wildman–Crippen LogP) is 1.35. The van der Waals surface area contributed by atoms with Crippen molar-refractivity contribution in [1.82, 2.24) is 0 Å². The Labute approximate surface area is 72.4 Å². The molecule has 0 aromatic heterocycles. The van der Waals surface area contributed by atoms with Gasteiger partial charge in [0.15, 0.2) is 0 Å². The van der Waals surface area contributed by atoms with Gasteiger partial charge in [0.25, 0.3) is 0 Å². The van der Waals surface area contributed by atoms with Crippen LogP contribution in [0.15, 0.2) is 10.3 Å². The van der Waals surface area contributed by atoms with Crippen molar-refractivity contribution in [1.29, 1.82) is 0 Å². The predicted molar refractivity (Wildman–Crippen MR) is 48.7 cm³/mol. The van der Waals surface area contributed by atoms with Crippen LogP contribution in [0.1, 0.15) is 0 Å². The lowest BCUT2D eigenvalue weighted by Gasteiger charge is -2.12. The van der Waals surface area contributed by atoms with Gasteiger partial charge >= 0.3 is 0 Å². The summed E-state index contributed by atoms with van der Waals surface area (Å²) < 4.78 is 9.89. The van der Waals surface area contributed by atoms with Crippen LogP contribution in [-0.4, -0.2) is 26.9 Å². The Morgan fingerprint density at radius 3 is 2.50 bits per heavy atom. The minimum absolute atomic E-state index is 0.0918. The van der Waals surface area contributed by atoms with Crippen LogP contribution in [0.3, 0.4) is 0 Å². The first-order valence-corrected chi connectivity index (χ1v) is 3.77. The van der Waals surface area contributed by atoms with Crippen LogP contribution in [0.2, 0.25) is 0 Å². The molecule has 4 heteroatoms. The third-order valence-corrected chi connectivity index (χ3v) is 1.96. The van der Waals surface area contributed by atoms with Crippen LogP contribution < -0.4 is 0 Å². The lowest BCUT2D eigenvalue weighted by Crippen LogP contribution is -2.17. The number of ether oxygens (including phenoxy) is 2. The summed E-state index contributed by atoms with van der Waals surface area (Å²) in [7, 11) is 3.22. The molecule has 0 saturated carbocycles. The van der Waals surface area contributed by atoms with Crippen molar-refractivity contribution >= 4 is 25.3 Å². The maximum absolute atomic E-state index is 5.02. The molecule has 0 saturated heterocycles. The van der Waals surface area contributed by atoms with E-state index < -0.39 is 0 Å². The second-order valence-electron chi connectivity index (χ2n) is 1.73. The quantitative estimate of drug-likeness (QED) is 0.636. The molecule has 0 N–H and O–H groups in total. The SMILES string of the molecule is COCC(OC)C(S)=CS. The zero-order chi connectivity index (χ0) is 7.98. The van der Waals surface area contributed by atoms with Crippen molar-refractivity contribution in [2.24, 2.45) is 0 Å². The summed E-state index contributed by atoms with van der Waals surface area (Å²) in [5.74, 6) is 0. The molecule has 60 valence electrons. The molecule has 0 aliphatic carbocycles. The van der Waals surface area contributed by atoms with E-state index in [9.17, 15) is 0 Å². The first-order valence-electron chi connectivity index (χ1n) is 2.81. The molecule has 10 heavy (non-hydrogen) atoms. The van der Waals surface area contributed by atoms with Gasteiger partial charge in [-0.3, -0.25) is 0 Å². The maximum Gasteiger partial charge on any atom is 0.111 e. The molecule has 0 aliphatic heterocycles. The second-order valence-corrected chi connectivity index (χ2v) is 2.51. The number of hydrogen-bond acceptors (Lipinski definition) is 4. The zero-order valence-electron chi connectivity index (χ0n) is 6.07. The number of hydrogen-bond donors (Lipinski definition) is 2. The molecule has 1 atom stereocenters. The van der Waals surface area contributed by atoms with E-state index in [0.717, 1.165) is 4.91 Å². The van der Waals surface area contributed by atoms with Crippen LogP contribution in [0.5, 0.6) is 0 Å². The minimum atomic E-state index is -0.0918. The summed E-state index contributed by atoms with van der Waals surface area (Å²) in [4.78, 5) is 0.771. The standard InChI is InChI=1S/C6H12O2S2/c1-7-3-5(8-2)6(10)4-9/h4-5,9-10H,3H2,1-2H3. The van der Waals surface area contributed by atoms with Crippen LogP contribution >= 0.6 is 25.3 Å². The van der Waals surface area contributed by atoms with Crippen molar-refractivity contribution in [2.75, 3.05) is 20.8 Å². The third kappa shape index (κ3) is 3.51. The van der Waals surface area contributed by atoms with E-state index in [1.165, 1.54) is 0 Å². The Morgan fingerprint density at radius 1 is 1.60 bits per heavy atom. The second kappa shape index (κ2) is 6.09. The molecular weight excluding hydrogens is 168 g/mol. The van der Waals surface area contributed by atoms with Gasteiger partial charge in [-0.15, -0.1) is 12.6 Å². The molecule has 0 aromatic carbocycles. The van der Waals surface area contributed by atoms with Crippen molar-refractivity contribution in [2.45, 2.75) is 6.10 Å². The van der Waals surface area contributed by atoms with Gasteiger partial charge in [0.05, 0.1) is 6.61 Å². The molecule has 0 amide bonds. The van der Waals surface area contributed by atoms with Crippen LogP contribution in [-0.2, 0) is 9.47 Å². The summed E-state index contributed by atoms with van der Waals surface area (Å²) in [5.41, 5.74) is 0. The highest BCUT2D eigenvalue weighted by atomic mass is 32.1.